The van der Waals surface area contributed by atoms with Gasteiger partial charge in [-0.15, -0.1) is 11.8 Å². The van der Waals surface area contributed by atoms with Crippen molar-refractivity contribution in [2.75, 3.05) is 12.3 Å². The molecule has 6 heteroatoms. The van der Waals surface area contributed by atoms with Crippen LogP contribution in [0.1, 0.15) is 48.0 Å². The lowest BCUT2D eigenvalue weighted by Gasteiger charge is -2.22. The molecule has 0 aliphatic heterocycles. The number of hydrogen-bond donors (Lipinski definition) is 2. The number of amides is 2. The zero-order valence-corrected chi connectivity index (χ0v) is 19.4. The van der Waals surface area contributed by atoms with E-state index in [1.807, 2.05) is 43.3 Å². The van der Waals surface area contributed by atoms with Gasteiger partial charge in [-0.25, -0.2) is 0 Å². The lowest BCUT2D eigenvalue weighted by molar-refractivity contribution is -0.119. The fourth-order valence-electron chi connectivity index (χ4n) is 4.39. The van der Waals surface area contributed by atoms with Crippen molar-refractivity contribution in [3.05, 3.63) is 65.9 Å². The quantitative estimate of drug-likeness (QED) is 0.480. The third kappa shape index (κ3) is 5.54. The Morgan fingerprint density at radius 2 is 1.78 bits per heavy atom. The Labute approximate surface area is 194 Å². The molecule has 0 spiro atoms. The highest BCUT2D eigenvalue weighted by Crippen LogP contribution is 2.30. The minimum Gasteiger partial charge on any atom is -0.353 e. The van der Waals surface area contributed by atoms with Gasteiger partial charge in [0.2, 0.25) is 5.91 Å². The zero-order valence-electron chi connectivity index (χ0n) is 18.6. The molecule has 4 rings (SSSR count). The predicted octanol–water partition coefficient (Wildman–Crippen LogP) is 4.92. The monoisotopic (exact) mass is 449 g/mol. The lowest BCUT2D eigenvalue weighted by Crippen LogP contribution is -2.37. The Morgan fingerprint density at radius 3 is 2.59 bits per heavy atom. The molecule has 1 heterocycles. The number of carbonyl (C=O) groups is 2. The predicted molar refractivity (Wildman–Crippen MR) is 131 cm³/mol. The van der Waals surface area contributed by atoms with Crippen molar-refractivity contribution in [3.8, 4) is 0 Å². The van der Waals surface area contributed by atoms with Crippen LogP contribution < -0.4 is 10.6 Å². The number of carbonyl (C=O) groups excluding carboxylic acids is 2. The van der Waals surface area contributed by atoms with Crippen LogP contribution in [0.15, 0.2) is 59.6 Å². The van der Waals surface area contributed by atoms with E-state index in [1.54, 1.807) is 11.8 Å². The number of nitrogens with one attached hydrogen (secondary N) is 2. The highest BCUT2D eigenvalue weighted by molar-refractivity contribution is 8.00. The van der Waals surface area contributed by atoms with Gasteiger partial charge < -0.3 is 15.2 Å². The highest BCUT2D eigenvalue weighted by atomic mass is 32.2. The standard InChI is InChI=1S/C26H31N3O2S/c1-19-9-5-6-12-21(19)26(31)27-15-16-29-17-24(22-13-7-8-14-23(22)29)32-18-25(30)28-20-10-3-2-4-11-20/h5-9,12-14,17,20H,2-4,10-11,15-16,18H2,1H3,(H,27,31)(H,28,30). The molecule has 2 aromatic carbocycles. The van der Waals surface area contributed by atoms with E-state index in [1.165, 1.54) is 19.3 Å². The highest BCUT2D eigenvalue weighted by Gasteiger charge is 2.17. The molecule has 1 fully saturated rings. The smallest absolute Gasteiger partial charge is 0.251 e. The molecular weight excluding hydrogens is 418 g/mol. The van der Waals surface area contributed by atoms with E-state index in [0.29, 0.717) is 30.4 Å². The van der Waals surface area contributed by atoms with E-state index >= 15 is 0 Å². The van der Waals surface area contributed by atoms with Gasteiger partial charge in [0.15, 0.2) is 0 Å². The van der Waals surface area contributed by atoms with Crippen LogP contribution in [-0.4, -0.2) is 34.7 Å². The fraction of sp³-hybridized carbons (Fsp3) is 0.385. The maximum Gasteiger partial charge on any atom is 0.251 e. The third-order valence-corrected chi connectivity index (χ3v) is 7.15. The Bertz CT molecular complexity index is 1090. The molecule has 0 bridgehead atoms. The van der Waals surface area contributed by atoms with Crippen molar-refractivity contribution < 1.29 is 9.59 Å². The van der Waals surface area contributed by atoms with E-state index in [2.05, 4.69) is 33.5 Å². The van der Waals surface area contributed by atoms with Gasteiger partial charge in [-0.1, -0.05) is 55.7 Å². The first-order chi connectivity index (χ1) is 15.6. The molecule has 0 radical (unpaired) electrons. The summed E-state index contributed by atoms with van der Waals surface area (Å²) in [6.45, 7) is 3.16. The van der Waals surface area contributed by atoms with Gasteiger partial charge in [-0.2, -0.15) is 0 Å². The second-order valence-corrected chi connectivity index (χ2v) is 9.48. The summed E-state index contributed by atoms with van der Waals surface area (Å²) in [6.07, 6.45) is 8.01. The molecule has 0 atom stereocenters. The Balaban J connectivity index is 1.36. The largest absolute Gasteiger partial charge is 0.353 e. The number of aromatic nitrogens is 1. The first kappa shape index (κ1) is 22.5. The average molecular weight is 450 g/mol. The topological polar surface area (TPSA) is 63.1 Å². The van der Waals surface area contributed by atoms with Crippen molar-refractivity contribution in [3.63, 3.8) is 0 Å². The van der Waals surface area contributed by atoms with Crippen LogP contribution >= 0.6 is 11.8 Å². The summed E-state index contributed by atoms with van der Waals surface area (Å²) < 4.78 is 2.16. The van der Waals surface area contributed by atoms with Gasteiger partial charge >= 0.3 is 0 Å². The van der Waals surface area contributed by atoms with Gasteiger partial charge in [0.05, 0.1) is 5.75 Å². The summed E-state index contributed by atoms with van der Waals surface area (Å²) in [5.41, 5.74) is 2.81. The van der Waals surface area contributed by atoms with Crippen LogP contribution in [0.5, 0.6) is 0 Å². The van der Waals surface area contributed by atoms with Gasteiger partial charge in [-0.05, 0) is 37.5 Å². The summed E-state index contributed by atoms with van der Waals surface area (Å²) in [7, 11) is 0. The van der Waals surface area contributed by atoms with Crippen LogP contribution in [-0.2, 0) is 11.3 Å². The normalized spacial score (nSPS) is 14.4. The fourth-order valence-corrected chi connectivity index (χ4v) is 5.29. The number of benzene rings is 2. The van der Waals surface area contributed by atoms with Gasteiger partial charge in [-0.3, -0.25) is 9.59 Å². The lowest BCUT2D eigenvalue weighted by atomic mass is 9.95. The van der Waals surface area contributed by atoms with E-state index in [9.17, 15) is 9.59 Å². The minimum atomic E-state index is -0.0476. The number of nitrogens with zero attached hydrogens (tertiary/aromatic N) is 1. The van der Waals surface area contributed by atoms with Crippen LogP contribution in [0.2, 0.25) is 0 Å². The molecule has 1 aliphatic rings. The van der Waals surface area contributed by atoms with Gasteiger partial charge in [0.1, 0.15) is 0 Å². The number of hydrogen-bond acceptors (Lipinski definition) is 3. The first-order valence-electron chi connectivity index (χ1n) is 11.5. The molecule has 168 valence electrons. The van der Waals surface area contributed by atoms with Crippen molar-refractivity contribution in [2.24, 2.45) is 0 Å². The molecule has 5 nitrogen and oxygen atoms in total. The molecule has 2 N–H and O–H groups in total. The summed E-state index contributed by atoms with van der Waals surface area (Å²) in [5, 5.41) is 7.37. The maximum absolute atomic E-state index is 12.5. The molecule has 1 aromatic heterocycles. The molecule has 1 aliphatic carbocycles. The Morgan fingerprint density at radius 1 is 1.03 bits per heavy atom. The Kier molecular flexibility index (Phi) is 7.53. The summed E-state index contributed by atoms with van der Waals surface area (Å²) in [5.74, 6) is 0.493. The number of fused-ring (bicyclic) bond motifs is 1. The summed E-state index contributed by atoms with van der Waals surface area (Å²) >= 11 is 1.59. The molecule has 3 aromatic rings. The second kappa shape index (κ2) is 10.7. The number of para-hydroxylation sites is 1. The summed E-state index contributed by atoms with van der Waals surface area (Å²) in [6, 6.07) is 16.2. The number of rotatable bonds is 8. The molecule has 0 unspecified atom stereocenters. The first-order valence-corrected chi connectivity index (χ1v) is 12.4. The van der Waals surface area contributed by atoms with Crippen LogP contribution in [0.25, 0.3) is 10.9 Å². The van der Waals surface area contributed by atoms with Crippen molar-refractivity contribution in [2.45, 2.75) is 56.5 Å². The van der Waals surface area contributed by atoms with E-state index in [-0.39, 0.29) is 11.8 Å². The van der Waals surface area contributed by atoms with Crippen LogP contribution in [0.4, 0.5) is 0 Å². The van der Waals surface area contributed by atoms with E-state index in [4.69, 9.17) is 0 Å². The maximum atomic E-state index is 12.5. The summed E-state index contributed by atoms with van der Waals surface area (Å²) in [4.78, 5) is 26.0. The molecule has 2 amide bonds. The number of aryl methyl sites for hydroxylation is 1. The molecule has 0 saturated heterocycles. The van der Waals surface area contributed by atoms with Crippen molar-refractivity contribution in [1.82, 2.24) is 15.2 Å². The molecular formula is C26H31N3O2S. The van der Waals surface area contributed by atoms with Crippen LogP contribution in [0.3, 0.4) is 0 Å². The third-order valence-electron chi connectivity index (χ3n) is 6.11. The molecule has 32 heavy (non-hydrogen) atoms. The zero-order chi connectivity index (χ0) is 22.3. The minimum absolute atomic E-state index is 0.0476. The Hall–Kier alpha value is -2.73. The SMILES string of the molecule is Cc1ccccc1C(=O)NCCn1cc(SCC(=O)NC2CCCCC2)c2ccccc21. The molecule has 1 saturated carbocycles. The van der Waals surface area contributed by atoms with E-state index < -0.39 is 0 Å². The van der Waals surface area contributed by atoms with Crippen molar-refractivity contribution >= 4 is 34.5 Å². The second-order valence-electron chi connectivity index (χ2n) is 8.47. The number of thioether (sulfide) groups is 1. The van der Waals surface area contributed by atoms with Gasteiger partial charge in [0, 0.05) is 46.7 Å². The van der Waals surface area contributed by atoms with Crippen LogP contribution in [0, 0.1) is 6.92 Å². The van der Waals surface area contributed by atoms with Gasteiger partial charge in [0.25, 0.3) is 5.91 Å². The average Bonchev–Trinajstić information content (AvgIpc) is 3.16. The van der Waals surface area contributed by atoms with E-state index in [0.717, 1.165) is 34.2 Å². The van der Waals surface area contributed by atoms with Crippen molar-refractivity contribution in [1.29, 1.82) is 0 Å².